The molecule has 0 radical (unpaired) electrons. The highest BCUT2D eigenvalue weighted by molar-refractivity contribution is 9.10. The summed E-state index contributed by atoms with van der Waals surface area (Å²) < 4.78 is 11.7. The normalized spacial score (nSPS) is 10.7. The fourth-order valence-electron chi connectivity index (χ4n) is 2.16. The highest BCUT2D eigenvalue weighted by Crippen LogP contribution is 2.41. The molecule has 0 saturated carbocycles. The standard InChI is InChI=1S/C18H17BrCl2N2O3/c1-3-26-15-10-14(20)16(21)13(17(15)25-2)7-8-22-23-18(24)11-5-4-6-12(19)9-11/h4-10,22H,3H2,1-2H3,(H,23,24)/b8-7+. The van der Waals surface area contributed by atoms with Gasteiger partial charge in [-0.3, -0.25) is 10.2 Å². The van der Waals surface area contributed by atoms with Crippen LogP contribution in [0.1, 0.15) is 22.8 Å². The largest absolute Gasteiger partial charge is 0.492 e. The molecule has 0 bridgehead atoms. The number of carbonyl (C=O) groups is 1. The molecule has 0 aliphatic rings. The Bertz CT molecular complexity index is 828. The van der Waals surface area contributed by atoms with Gasteiger partial charge in [0.15, 0.2) is 11.5 Å². The molecule has 0 atom stereocenters. The van der Waals surface area contributed by atoms with Gasteiger partial charge in [0.2, 0.25) is 0 Å². The lowest BCUT2D eigenvalue weighted by molar-refractivity contribution is 0.0941. The van der Waals surface area contributed by atoms with E-state index in [1.165, 1.54) is 13.3 Å². The third-order valence-electron chi connectivity index (χ3n) is 3.28. The lowest BCUT2D eigenvalue weighted by Crippen LogP contribution is -2.33. The predicted octanol–water partition coefficient (Wildman–Crippen LogP) is 5.07. The van der Waals surface area contributed by atoms with Gasteiger partial charge in [0.25, 0.3) is 5.91 Å². The first-order valence-corrected chi connectivity index (χ1v) is 9.19. The zero-order valence-electron chi connectivity index (χ0n) is 14.1. The number of hydrazine groups is 1. The number of methoxy groups -OCH3 is 1. The Morgan fingerprint density at radius 1 is 1.31 bits per heavy atom. The summed E-state index contributed by atoms with van der Waals surface area (Å²) in [5.41, 5.74) is 6.32. The molecule has 0 fully saturated rings. The number of amides is 1. The molecule has 5 nitrogen and oxygen atoms in total. The maximum Gasteiger partial charge on any atom is 0.269 e. The van der Waals surface area contributed by atoms with Crippen LogP contribution in [0.2, 0.25) is 10.0 Å². The number of halogens is 3. The van der Waals surface area contributed by atoms with Crippen molar-refractivity contribution in [1.82, 2.24) is 10.9 Å². The van der Waals surface area contributed by atoms with Gasteiger partial charge in [0.1, 0.15) is 0 Å². The lowest BCUT2D eigenvalue weighted by atomic mass is 10.1. The van der Waals surface area contributed by atoms with Gasteiger partial charge in [-0.15, -0.1) is 0 Å². The van der Waals surface area contributed by atoms with E-state index < -0.39 is 0 Å². The first-order chi connectivity index (χ1) is 12.5. The van der Waals surface area contributed by atoms with E-state index in [9.17, 15) is 4.79 Å². The molecule has 0 aliphatic heterocycles. The minimum Gasteiger partial charge on any atom is -0.492 e. The molecule has 2 rings (SSSR count). The summed E-state index contributed by atoms with van der Waals surface area (Å²) in [5.74, 6) is 0.662. The van der Waals surface area contributed by atoms with Crippen molar-refractivity contribution in [2.75, 3.05) is 13.7 Å². The van der Waals surface area contributed by atoms with Gasteiger partial charge in [-0.1, -0.05) is 45.2 Å². The van der Waals surface area contributed by atoms with Crippen LogP contribution in [0.5, 0.6) is 11.5 Å². The highest BCUT2D eigenvalue weighted by Gasteiger charge is 2.16. The Kier molecular flexibility index (Phi) is 7.63. The van der Waals surface area contributed by atoms with E-state index >= 15 is 0 Å². The molecule has 138 valence electrons. The fourth-order valence-corrected chi connectivity index (χ4v) is 2.96. The molecular weight excluding hydrogens is 443 g/mol. The van der Waals surface area contributed by atoms with Crippen molar-refractivity contribution in [2.45, 2.75) is 6.92 Å². The smallest absolute Gasteiger partial charge is 0.269 e. The Morgan fingerprint density at radius 3 is 2.73 bits per heavy atom. The summed E-state index contributed by atoms with van der Waals surface area (Å²) in [6.45, 7) is 2.31. The molecule has 0 aromatic heterocycles. The average molecular weight is 460 g/mol. The summed E-state index contributed by atoms with van der Waals surface area (Å²) in [6, 6.07) is 8.64. The molecule has 0 saturated heterocycles. The zero-order chi connectivity index (χ0) is 19.1. The predicted molar refractivity (Wildman–Crippen MR) is 108 cm³/mol. The number of carbonyl (C=O) groups excluding carboxylic acids is 1. The number of hydrogen-bond acceptors (Lipinski definition) is 4. The summed E-state index contributed by atoms with van der Waals surface area (Å²) >= 11 is 15.7. The van der Waals surface area contributed by atoms with E-state index in [1.54, 1.807) is 30.3 Å². The minimum absolute atomic E-state index is 0.282. The maximum atomic E-state index is 12.1. The highest BCUT2D eigenvalue weighted by atomic mass is 79.9. The topological polar surface area (TPSA) is 59.6 Å². The van der Waals surface area contributed by atoms with Gasteiger partial charge in [-0.25, -0.2) is 0 Å². The Hall–Kier alpha value is -1.89. The molecule has 26 heavy (non-hydrogen) atoms. The van der Waals surface area contributed by atoms with Crippen molar-refractivity contribution in [1.29, 1.82) is 0 Å². The van der Waals surface area contributed by atoms with Crippen LogP contribution in [-0.4, -0.2) is 19.6 Å². The van der Waals surface area contributed by atoms with Gasteiger partial charge in [-0.2, -0.15) is 0 Å². The van der Waals surface area contributed by atoms with E-state index in [0.717, 1.165) is 4.47 Å². The fraction of sp³-hybridized carbons (Fsp3) is 0.167. The molecule has 2 N–H and O–H groups in total. The third-order valence-corrected chi connectivity index (χ3v) is 4.58. The second-order valence-electron chi connectivity index (χ2n) is 4.99. The summed E-state index contributed by atoms with van der Waals surface area (Å²) in [5, 5.41) is 0.664. The molecular formula is C18H17BrCl2N2O3. The van der Waals surface area contributed by atoms with Gasteiger partial charge in [-0.05, 0) is 31.2 Å². The van der Waals surface area contributed by atoms with Crippen molar-refractivity contribution in [2.24, 2.45) is 0 Å². The van der Waals surface area contributed by atoms with E-state index in [2.05, 4.69) is 26.8 Å². The van der Waals surface area contributed by atoms with Crippen LogP contribution in [0.15, 0.2) is 41.0 Å². The molecule has 2 aromatic rings. The molecule has 0 unspecified atom stereocenters. The van der Waals surface area contributed by atoms with Gasteiger partial charge < -0.3 is 14.9 Å². The number of ether oxygens (including phenoxy) is 2. The molecule has 0 heterocycles. The second-order valence-corrected chi connectivity index (χ2v) is 6.69. The quantitative estimate of drug-likeness (QED) is 0.567. The summed E-state index contributed by atoms with van der Waals surface area (Å²) in [7, 11) is 1.52. The van der Waals surface area contributed by atoms with E-state index in [0.29, 0.717) is 39.3 Å². The van der Waals surface area contributed by atoms with E-state index in [-0.39, 0.29) is 5.91 Å². The molecule has 8 heteroatoms. The average Bonchev–Trinajstić information content (AvgIpc) is 2.62. The second kappa shape index (κ2) is 9.71. The molecule has 0 spiro atoms. The number of hydrogen-bond donors (Lipinski definition) is 2. The number of nitrogens with one attached hydrogen (secondary N) is 2. The van der Waals surface area contributed by atoms with Crippen molar-refractivity contribution in [3.05, 3.63) is 62.2 Å². The Morgan fingerprint density at radius 2 is 2.08 bits per heavy atom. The number of rotatable bonds is 7. The molecule has 1 amide bonds. The Labute approximate surface area is 170 Å². The summed E-state index contributed by atoms with van der Waals surface area (Å²) in [4.78, 5) is 12.1. The van der Waals surface area contributed by atoms with Crippen LogP contribution in [0, 0.1) is 0 Å². The minimum atomic E-state index is -0.282. The van der Waals surface area contributed by atoms with Crippen molar-refractivity contribution in [3.8, 4) is 11.5 Å². The number of benzene rings is 2. The third kappa shape index (κ3) is 5.06. The monoisotopic (exact) mass is 458 g/mol. The molecule has 2 aromatic carbocycles. The van der Waals surface area contributed by atoms with Crippen molar-refractivity contribution in [3.63, 3.8) is 0 Å². The molecule has 0 aliphatic carbocycles. The first-order valence-electron chi connectivity index (χ1n) is 7.64. The SMILES string of the molecule is CCOc1cc(Cl)c(Cl)c(/C=C/NNC(=O)c2cccc(Br)c2)c1OC. The Balaban J connectivity index is 2.13. The van der Waals surface area contributed by atoms with Gasteiger partial charge in [0, 0.05) is 27.9 Å². The summed E-state index contributed by atoms with van der Waals surface area (Å²) in [6.07, 6.45) is 3.16. The lowest BCUT2D eigenvalue weighted by Gasteiger charge is -2.14. The van der Waals surface area contributed by atoms with E-state index in [4.69, 9.17) is 32.7 Å². The van der Waals surface area contributed by atoms with Gasteiger partial charge >= 0.3 is 0 Å². The van der Waals surface area contributed by atoms with Crippen LogP contribution in [0.3, 0.4) is 0 Å². The van der Waals surface area contributed by atoms with Crippen LogP contribution in [0.4, 0.5) is 0 Å². The van der Waals surface area contributed by atoms with Crippen LogP contribution in [0.25, 0.3) is 6.08 Å². The first kappa shape index (κ1) is 20.4. The van der Waals surface area contributed by atoms with Crippen molar-refractivity contribution >= 4 is 51.1 Å². The zero-order valence-corrected chi connectivity index (χ0v) is 17.2. The van der Waals surface area contributed by atoms with Crippen LogP contribution in [-0.2, 0) is 0 Å². The van der Waals surface area contributed by atoms with Crippen molar-refractivity contribution < 1.29 is 14.3 Å². The van der Waals surface area contributed by atoms with E-state index in [1.807, 2.05) is 13.0 Å². The maximum absolute atomic E-state index is 12.1. The van der Waals surface area contributed by atoms with Crippen LogP contribution < -0.4 is 20.3 Å². The van der Waals surface area contributed by atoms with Gasteiger partial charge in [0.05, 0.1) is 23.8 Å². The van der Waals surface area contributed by atoms with Crippen LogP contribution >= 0.6 is 39.1 Å².